The van der Waals surface area contributed by atoms with Crippen LogP contribution in [-0.2, 0) is 4.79 Å². The molecule has 1 amide bonds. The minimum Gasteiger partial charge on any atom is -0.352 e. The summed E-state index contributed by atoms with van der Waals surface area (Å²) in [5.74, 6) is 0.0110. The number of carbonyl (C=O) groups excluding carboxylic acids is 1. The van der Waals surface area contributed by atoms with Crippen molar-refractivity contribution in [2.75, 3.05) is 0 Å². The van der Waals surface area contributed by atoms with Crippen LogP contribution in [0.15, 0.2) is 12.7 Å². The Kier molecular flexibility index (Phi) is 4.53. The second-order valence-electron chi connectivity index (χ2n) is 3.37. The Bertz CT molecular complexity index is 172. The van der Waals surface area contributed by atoms with Crippen LogP contribution in [0.3, 0.4) is 0 Å². The van der Waals surface area contributed by atoms with Crippen LogP contribution in [-0.4, -0.2) is 16.3 Å². The Morgan fingerprint density at radius 2 is 2.25 bits per heavy atom. The van der Waals surface area contributed by atoms with Crippen LogP contribution in [0.1, 0.15) is 27.2 Å². The molecule has 0 rings (SSSR count). The maximum absolute atomic E-state index is 11.4. The molecule has 0 heterocycles. The van der Waals surface area contributed by atoms with E-state index < -0.39 is 4.32 Å². The van der Waals surface area contributed by atoms with Gasteiger partial charge in [-0.15, -0.1) is 6.58 Å². The first-order valence-electron chi connectivity index (χ1n) is 3.98. The van der Waals surface area contributed by atoms with Crippen molar-refractivity contribution in [3.05, 3.63) is 12.7 Å². The summed E-state index contributed by atoms with van der Waals surface area (Å²) in [5.41, 5.74) is 0. The number of rotatable bonds is 4. The summed E-state index contributed by atoms with van der Waals surface area (Å²) in [6, 6.07) is 0.159. The highest BCUT2D eigenvalue weighted by molar-refractivity contribution is 9.10. The number of nitrogens with one attached hydrogen (secondary N) is 1. The third kappa shape index (κ3) is 4.54. The average molecular weight is 234 g/mol. The van der Waals surface area contributed by atoms with Crippen molar-refractivity contribution in [1.82, 2.24) is 5.32 Å². The summed E-state index contributed by atoms with van der Waals surface area (Å²) in [4.78, 5) is 11.4. The van der Waals surface area contributed by atoms with Gasteiger partial charge in [0.05, 0.1) is 4.32 Å². The lowest BCUT2D eigenvalue weighted by Gasteiger charge is -2.19. The Balaban J connectivity index is 3.92. The average Bonchev–Trinajstić information content (AvgIpc) is 1.85. The topological polar surface area (TPSA) is 29.1 Å². The van der Waals surface area contributed by atoms with Gasteiger partial charge in [0.2, 0.25) is 5.91 Å². The van der Waals surface area contributed by atoms with Gasteiger partial charge in [-0.1, -0.05) is 22.0 Å². The standard InChI is InChI=1S/C9H16BrNO/c1-5-6-7(2)11-8(12)9(3,4)10/h5,7H,1,6H2,2-4H3,(H,11,12). The van der Waals surface area contributed by atoms with E-state index in [1.165, 1.54) is 0 Å². The first kappa shape index (κ1) is 11.7. The molecule has 0 aliphatic heterocycles. The summed E-state index contributed by atoms with van der Waals surface area (Å²) in [7, 11) is 0. The van der Waals surface area contributed by atoms with E-state index in [4.69, 9.17) is 0 Å². The van der Waals surface area contributed by atoms with Gasteiger partial charge in [0, 0.05) is 6.04 Å². The largest absolute Gasteiger partial charge is 0.352 e. The number of halogens is 1. The zero-order valence-electron chi connectivity index (χ0n) is 7.86. The van der Waals surface area contributed by atoms with Gasteiger partial charge in [0.1, 0.15) is 0 Å². The molecule has 0 radical (unpaired) electrons. The Hall–Kier alpha value is -0.310. The molecule has 0 aromatic carbocycles. The van der Waals surface area contributed by atoms with Crippen LogP contribution < -0.4 is 5.32 Å². The van der Waals surface area contributed by atoms with Gasteiger partial charge >= 0.3 is 0 Å². The summed E-state index contributed by atoms with van der Waals surface area (Å²) < 4.78 is -0.484. The zero-order chi connectivity index (χ0) is 9.78. The van der Waals surface area contributed by atoms with Crippen molar-refractivity contribution in [3.8, 4) is 0 Å². The van der Waals surface area contributed by atoms with Crippen molar-refractivity contribution < 1.29 is 4.79 Å². The quantitative estimate of drug-likeness (QED) is 0.586. The van der Waals surface area contributed by atoms with Crippen molar-refractivity contribution in [3.63, 3.8) is 0 Å². The van der Waals surface area contributed by atoms with Crippen molar-refractivity contribution >= 4 is 21.8 Å². The highest BCUT2D eigenvalue weighted by Crippen LogP contribution is 2.15. The Morgan fingerprint density at radius 3 is 2.58 bits per heavy atom. The molecular weight excluding hydrogens is 218 g/mol. The second-order valence-corrected chi connectivity index (χ2v) is 5.35. The molecule has 0 saturated carbocycles. The summed E-state index contributed by atoms with van der Waals surface area (Å²) >= 11 is 3.29. The molecule has 1 N–H and O–H groups in total. The third-order valence-corrected chi connectivity index (χ3v) is 1.80. The van der Waals surface area contributed by atoms with E-state index >= 15 is 0 Å². The SMILES string of the molecule is C=CCC(C)NC(=O)C(C)(C)Br. The molecule has 0 bridgehead atoms. The molecular formula is C9H16BrNO. The van der Waals surface area contributed by atoms with E-state index in [2.05, 4.69) is 27.8 Å². The number of carbonyl (C=O) groups is 1. The van der Waals surface area contributed by atoms with E-state index in [-0.39, 0.29) is 11.9 Å². The molecule has 0 aliphatic carbocycles. The van der Waals surface area contributed by atoms with E-state index in [0.717, 1.165) is 6.42 Å². The second kappa shape index (κ2) is 4.65. The fraction of sp³-hybridized carbons (Fsp3) is 0.667. The predicted octanol–water partition coefficient (Wildman–Crippen LogP) is 2.24. The van der Waals surface area contributed by atoms with Gasteiger partial charge in [-0.25, -0.2) is 0 Å². The smallest absolute Gasteiger partial charge is 0.236 e. The summed E-state index contributed by atoms with van der Waals surface area (Å²) in [5, 5.41) is 2.86. The lowest BCUT2D eigenvalue weighted by atomic mass is 10.1. The Morgan fingerprint density at radius 1 is 1.75 bits per heavy atom. The van der Waals surface area contributed by atoms with Crippen LogP contribution in [0.5, 0.6) is 0 Å². The highest BCUT2D eigenvalue weighted by atomic mass is 79.9. The van der Waals surface area contributed by atoms with Crippen LogP contribution in [0.2, 0.25) is 0 Å². The molecule has 2 nitrogen and oxygen atoms in total. The van der Waals surface area contributed by atoms with Crippen LogP contribution >= 0.6 is 15.9 Å². The Labute approximate surface area is 82.5 Å². The number of alkyl halides is 1. The van der Waals surface area contributed by atoms with Gasteiger partial charge in [-0.2, -0.15) is 0 Å². The summed E-state index contributed by atoms with van der Waals surface area (Å²) in [6.07, 6.45) is 2.60. The predicted molar refractivity (Wildman–Crippen MR) is 55.4 cm³/mol. The molecule has 0 aliphatic rings. The first-order valence-corrected chi connectivity index (χ1v) is 4.78. The molecule has 0 spiro atoms. The molecule has 1 atom stereocenters. The maximum atomic E-state index is 11.4. The van der Waals surface area contributed by atoms with E-state index in [9.17, 15) is 4.79 Å². The molecule has 12 heavy (non-hydrogen) atoms. The third-order valence-electron chi connectivity index (χ3n) is 1.44. The van der Waals surface area contributed by atoms with Crippen molar-refractivity contribution in [2.24, 2.45) is 0 Å². The van der Waals surface area contributed by atoms with Crippen LogP contribution in [0.4, 0.5) is 0 Å². The molecule has 1 unspecified atom stereocenters. The van der Waals surface area contributed by atoms with Crippen molar-refractivity contribution in [2.45, 2.75) is 37.6 Å². The molecule has 3 heteroatoms. The summed E-state index contributed by atoms with van der Waals surface area (Å²) in [6.45, 7) is 9.21. The van der Waals surface area contributed by atoms with Crippen LogP contribution in [0.25, 0.3) is 0 Å². The van der Waals surface area contributed by atoms with Gasteiger partial charge < -0.3 is 5.32 Å². The fourth-order valence-electron chi connectivity index (χ4n) is 0.704. The van der Waals surface area contributed by atoms with Gasteiger partial charge in [0.25, 0.3) is 0 Å². The number of hydrogen-bond donors (Lipinski definition) is 1. The van der Waals surface area contributed by atoms with E-state index in [1.54, 1.807) is 6.08 Å². The van der Waals surface area contributed by atoms with Gasteiger partial charge in [-0.05, 0) is 27.2 Å². The lowest BCUT2D eigenvalue weighted by Crippen LogP contribution is -2.42. The lowest BCUT2D eigenvalue weighted by molar-refractivity contribution is -0.123. The van der Waals surface area contributed by atoms with Crippen LogP contribution in [0, 0.1) is 0 Å². The molecule has 0 saturated heterocycles. The monoisotopic (exact) mass is 233 g/mol. The molecule has 0 aromatic rings. The fourth-order valence-corrected chi connectivity index (χ4v) is 0.819. The number of amides is 1. The number of hydrogen-bond acceptors (Lipinski definition) is 1. The van der Waals surface area contributed by atoms with Crippen molar-refractivity contribution in [1.29, 1.82) is 0 Å². The highest BCUT2D eigenvalue weighted by Gasteiger charge is 2.24. The van der Waals surface area contributed by atoms with E-state index in [1.807, 2.05) is 20.8 Å². The maximum Gasteiger partial charge on any atom is 0.236 e. The molecule has 0 fully saturated rings. The first-order chi connectivity index (χ1) is 5.38. The van der Waals surface area contributed by atoms with Gasteiger partial charge in [-0.3, -0.25) is 4.79 Å². The minimum atomic E-state index is -0.484. The van der Waals surface area contributed by atoms with E-state index in [0.29, 0.717) is 0 Å². The minimum absolute atomic E-state index is 0.0110. The zero-order valence-corrected chi connectivity index (χ0v) is 9.44. The van der Waals surface area contributed by atoms with Gasteiger partial charge in [0.15, 0.2) is 0 Å². The molecule has 0 aromatic heterocycles. The normalized spacial score (nSPS) is 13.7. The molecule has 70 valence electrons.